The molecule has 0 atom stereocenters. The molecule has 2 rings (SSSR count). The molecule has 3 heteroatoms. The summed E-state index contributed by atoms with van der Waals surface area (Å²) in [5, 5.41) is 3.09. The fourth-order valence-electron chi connectivity index (χ4n) is 2.51. The van der Waals surface area contributed by atoms with Crippen LogP contribution in [0.25, 0.3) is 6.08 Å². The van der Waals surface area contributed by atoms with Crippen LogP contribution < -0.4 is 5.32 Å². The van der Waals surface area contributed by atoms with E-state index in [0.29, 0.717) is 5.76 Å². The van der Waals surface area contributed by atoms with E-state index in [-0.39, 0.29) is 11.9 Å². The lowest BCUT2D eigenvalue weighted by Crippen LogP contribution is -2.34. The van der Waals surface area contributed by atoms with Gasteiger partial charge in [-0.05, 0) is 31.4 Å². The summed E-state index contributed by atoms with van der Waals surface area (Å²) in [6.07, 6.45) is 12.9. The largest absolute Gasteiger partial charge is 0.451 e. The van der Waals surface area contributed by atoms with Crippen molar-refractivity contribution in [2.75, 3.05) is 0 Å². The number of carbonyl (C=O) groups excluding carboxylic acids is 1. The van der Waals surface area contributed by atoms with E-state index in [9.17, 15) is 4.79 Å². The van der Waals surface area contributed by atoms with Crippen molar-refractivity contribution in [2.24, 2.45) is 0 Å². The summed E-state index contributed by atoms with van der Waals surface area (Å²) in [5.41, 5.74) is 1.07. The molecule has 3 nitrogen and oxygen atoms in total. The Kier molecular flexibility index (Phi) is 5.22. The molecule has 0 radical (unpaired) electrons. The van der Waals surface area contributed by atoms with Crippen LogP contribution in [0, 0.1) is 0 Å². The zero-order chi connectivity index (χ0) is 14.4. The minimum absolute atomic E-state index is 0.0950. The third kappa shape index (κ3) is 3.62. The van der Waals surface area contributed by atoms with Crippen LogP contribution in [0.4, 0.5) is 0 Å². The first kappa shape index (κ1) is 14.6. The normalized spacial score (nSPS) is 13.3. The molecular formula is C17H23NO2. The van der Waals surface area contributed by atoms with Gasteiger partial charge in [-0.3, -0.25) is 4.79 Å². The van der Waals surface area contributed by atoms with Crippen LogP contribution in [0.15, 0.2) is 28.7 Å². The SMILES string of the molecule is CCCC(CCC)NC(=O)c1cc2c(o1)C=CC=CC2. The van der Waals surface area contributed by atoms with Gasteiger partial charge in [-0.25, -0.2) is 0 Å². The van der Waals surface area contributed by atoms with Gasteiger partial charge < -0.3 is 9.73 Å². The van der Waals surface area contributed by atoms with Gasteiger partial charge in [-0.1, -0.05) is 44.9 Å². The van der Waals surface area contributed by atoms with Gasteiger partial charge in [-0.2, -0.15) is 0 Å². The molecule has 1 aromatic rings. The lowest BCUT2D eigenvalue weighted by molar-refractivity contribution is 0.0904. The lowest BCUT2D eigenvalue weighted by atomic mass is 10.1. The Hall–Kier alpha value is -1.77. The van der Waals surface area contributed by atoms with Gasteiger partial charge in [-0.15, -0.1) is 0 Å². The number of carbonyl (C=O) groups is 1. The van der Waals surface area contributed by atoms with Crippen LogP contribution >= 0.6 is 0 Å². The van der Waals surface area contributed by atoms with Crippen molar-refractivity contribution in [2.45, 2.75) is 52.0 Å². The average molecular weight is 273 g/mol. The second-order valence-corrected chi connectivity index (χ2v) is 5.24. The van der Waals surface area contributed by atoms with Crippen molar-refractivity contribution in [3.63, 3.8) is 0 Å². The zero-order valence-corrected chi connectivity index (χ0v) is 12.3. The third-order valence-electron chi connectivity index (χ3n) is 3.51. The fourth-order valence-corrected chi connectivity index (χ4v) is 2.51. The summed E-state index contributed by atoms with van der Waals surface area (Å²) < 4.78 is 5.67. The van der Waals surface area contributed by atoms with E-state index in [1.165, 1.54) is 0 Å². The van der Waals surface area contributed by atoms with Crippen molar-refractivity contribution >= 4 is 12.0 Å². The van der Waals surface area contributed by atoms with Gasteiger partial charge in [0.25, 0.3) is 5.91 Å². The first-order valence-electron chi connectivity index (χ1n) is 7.51. The average Bonchev–Trinajstić information content (AvgIpc) is 2.71. The van der Waals surface area contributed by atoms with Crippen molar-refractivity contribution < 1.29 is 9.21 Å². The van der Waals surface area contributed by atoms with Crippen LogP contribution in [-0.2, 0) is 6.42 Å². The molecule has 0 unspecified atom stereocenters. The molecule has 1 N–H and O–H groups in total. The summed E-state index contributed by atoms with van der Waals surface area (Å²) in [7, 11) is 0. The molecule has 1 aliphatic carbocycles. The molecule has 1 heterocycles. The summed E-state index contributed by atoms with van der Waals surface area (Å²) in [6.45, 7) is 4.28. The van der Waals surface area contributed by atoms with Gasteiger partial charge >= 0.3 is 0 Å². The number of nitrogens with one attached hydrogen (secondary N) is 1. The Morgan fingerprint density at radius 1 is 1.30 bits per heavy atom. The molecule has 0 spiro atoms. The summed E-state index contributed by atoms with van der Waals surface area (Å²) in [6, 6.07) is 2.11. The second kappa shape index (κ2) is 7.13. The number of fused-ring (bicyclic) bond motifs is 1. The van der Waals surface area contributed by atoms with Gasteiger partial charge in [0.05, 0.1) is 0 Å². The molecule has 20 heavy (non-hydrogen) atoms. The van der Waals surface area contributed by atoms with Gasteiger partial charge in [0, 0.05) is 11.6 Å². The lowest BCUT2D eigenvalue weighted by Gasteiger charge is -2.16. The first-order valence-corrected chi connectivity index (χ1v) is 7.51. The molecular weight excluding hydrogens is 250 g/mol. The zero-order valence-electron chi connectivity index (χ0n) is 12.3. The van der Waals surface area contributed by atoms with E-state index >= 15 is 0 Å². The quantitative estimate of drug-likeness (QED) is 0.847. The van der Waals surface area contributed by atoms with Crippen molar-refractivity contribution in [3.8, 4) is 0 Å². The number of rotatable bonds is 6. The van der Waals surface area contributed by atoms with Crippen molar-refractivity contribution in [3.05, 3.63) is 41.4 Å². The molecule has 0 saturated heterocycles. The Labute approximate surface area is 120 Å². The highest BCUT2D eigenvalue weighted by Crippen LogP contribution is 2.20. The van der Waals surface area contributed by atoms with Crippen LogP contribution in [0.2, 0.25) is 0 Å². The fraction of sp³-hybridized carbons (Fsp3) is 0.471. The highest BCUT2D eigenvalue weighted by molar-refractivity contribution is 5.92. The molecule has 1 aliphatic rings. The topological polar surface area (TPSA) is 42.2 Å². The molecule has 0 aliphatic heterocycles. The minimum atomic E-state index is -0.0950. The maximum atomic E-state index is 12.3. The monoisotopic (exact) mass is 273 g/mol. The number of furan rings is 1. The van der Waals surface area contributed by atoms with E-state index < -0.39 is 0 Å². The van der Waals surface area contributed by atoms with Crippen LogP contribution in [0.3, 0.4) is 0 Å². The Morgan fingerprint density at radius 3 is 2.75 bits per heavy atom. The van der Waals surface area contributed by atoms with Crippen molar-refractivity contribution in [1.82, 2.24) is 5.32 Å². The Balaban J connectivity index is 2.05. The Bertz CT molecular complexity index is 505. The highest BCUT2D eigenvalue weighted by atomic mass is 16.3. The number of hydrogen-bond acceptors (Lipinski definition) is 2. The third-order valence-corrected chi connectivity index (χ3v) is 3.51. The molecule has 108 valence electrons. The molecule has 1 aromatic heterocycles. The van der Waals surface area contributed by atoms with E-state index in [1.54, 1.807) is 0 Å². The standard InChI is InChI=1S/C17H23NO2/c1-3-8-14(9-4-2)18-17(19)16-12-13-10-6-5-7-11-15(13)20-16/h5-7,11-12,14H,3-4,8-10H2,1-2H3,(H,18,19). The number of hydrogen-bond donors (Lipinski definition) is 1. The van der Waals surface area contributed by atoms with E-state index in [4.69, 9.17) is 4.42 Å². The van der Waals surface area contributed by atoms with E-state index in [2.05, 4.69) is 25.2 Å². The summed E-state index contributed by atoms with van der Waals surface area (Å²) in [4.78, 5) is 12.3. The predicted molar refractivity (Wildman–Crippen MR) is 81.7 cm³/mol. The Morgan fingerprint density at radius 2 is 2.05 bits per heavy atom. The van der Waals surface area contributed by atoms with Gasteiger partial charge in [0.2, 0.25) is 0 Å². The van der Waals surface area contributed by atoms with Crippen LogP contribution in [-0.4, -0.2) is 11.9 Å². The number of amides is 1. The second-order valence-electron chi connectivity index (χ2n) is 5.24. The van der Waals surface area contributed by atoms with E-state index in [1.807, 2.05) is 24.3 Å². The molecule has 0 bridgehead atoms. The molecule has 1 amide bonds. The van der Waals surface area contributed by atoms with Crippen molar-refractivity contribution in [1.29, 1.82) is 0 Å². The minimum Gasteiger partial charge on any atom is -0.451 e. The summed E-state index contributed by atoms with van der Waals surface area (Å²) in [5.74, 6) is 1.12. The van der Waals surface area contributed by atoms with Gasteiger partial charge in [0.1, 0.15) is 5.76 Å². The van der Waals surface area contributed by atoms with Gasteiger partial charge in [0.15, 0.2) is 5.76 Å². The molecule has 0 saturated carbocycles. The molecule has 0 fully saturated rings. The molecule has 0 aromatic carbocycles. The van der Waals surface area contributed by atoms with E-state index in [0.717, 1.165) is 43.4 Å². The van der Waals surface area contributed by atoms with Crippen LogP contribution in [0.1, 0.15) is 61.4 Å². The maximum absolute atomic E-state index is 12.3. The maximum Gasteiger partial charge on any atom is 0.287 e. The smallest absolute Gasteiger partial charge is 0.287 e. The summed E-state index contributed by atoms with van der Waals surface area (Å²) >= 11 is 0. The highest BCUT2D eigenvalue weighted by Gasteiger charge is 2.18. The predicted octanol–water partition coefficient (Wildman–Crippen LogP) is 4.10. The number of allylic oxidation sites excluding steroid dienone is 3. The first-order chi connectivity index (χ1) is 9.74. The van der Waals surface area contributed by atoms with Crippen LogP contribution in [0.5, 0.6) is 0 Å².